The molecule has 2 N–H and O–H groups in total. The summed E-state index contributed by atoms with van der Waals surface area (Å²) >= 11 is 0. The topological polar surface area (TPSA) is 41.1 Å². The Morgan fingerprint density at radius 3 is 2.75 bits per heavy atom. The molecule has 0 aromatic carbocycles. The molecule has 0 aromatic rings. The zero-order valence-electron chi connectivity index (χ0n) is 10.9. The van der Waals surface area contributed by atoms with Gasteiger partial charge in [0.05, 0.1) is 6.04 Å². The summed E-state index contributed by atoms with van der Waals surface area (Å²) in [6.45, 7) is 7.17. The number of hydrogen-bond donors (Lipinski definition) is 2. The quantitative estimate of drug-likeness (QED) is 0.681. The fourth-order valence-corrected chi connectivity index (χ4v) is 2.33. The highest BCUT2D eigenvalue weighted by atomic mass is 16.2. The molecule has 16 heavy (non-hydrogen) atoms. The molecule has 3 nitrogen and oxygen atoms in total. The normalized spacial score (nSPS) is 26.7. The Bertz CT molecular complexity index is 218. The molecule has 1 saturated carbocycles. The Morgan fingerprint density at radius 2 is 2.19 bits per heavy atom. The Balaban J connectivity index is 2.22. The Morgan fingerprint density at radius 1 is 1.44 bits per heavy atom. The van der Waals surface area contributed by atoms with Gasteiger partial charge in [0.15, 0.2) is 0 Å². The zero-order valence-corrected chi connectivity index (χ0v) is 10.9. The Kier molecular flexibility index (Phi) is 5.81. The summed E-state index contributed by atoms with van der Waals surface area (Å²) in [5.41, 5.74) is 0. The lowest BCUT2D eigenvalue weighted by Crippen LogP contribution is -2.47. The van der Waals surface area contributed by atoms with E-state index in [1.807, 2.05) is 6.92 Å². The summed E-state index contributed by atoms with van der Waals surface area (Å²) in [5, 5.41) is 6.41. The van der Waals surface area contributed by atoms with E-state index in [1.54, 1.807) is 0 Å². The van der Waals surface area contributed by atoms with Crippen molar-refractivity contribution < 1.29 is 4.79 Å². The van der Waals surface area contributed by atoms with E-state index in [1.165, 1.54) is 19.3 Å². The zero-order chi connectivity index (χ0) is 12.0. The molecule has 0 aliphatic heterocycles. The van der Waals surface area contributed by atoms with Gasteiger partial charge in [-0.1, -0.05) is 26.7 Å². The molecule has 0 radical (unpaired) electrons. The van der Waals surface area contributed by atoms with Gasteiger partial charge in [-0.2, -0.15) is 0 Å². The molecule has 3 unspecified atom stereocenters. The number of nitrogens with one attached hydrogen (secondary N) is 2. The number of rotatable bonds is 6. The molecule has 1 amide bonds. The average molecular weight is 226 g/mol. The predicted octanol–water partition coefficient (Wildman–Crippen LogP) is 2.07. The first-order valence-corrected chi connectivity index (χ1v) is 6.69. The van der Waals surface area contributed by atoms with Gasteiger partial charge >= 0.3 is 0 Å². The highest BCUT2D eigenvalue weighted by Gasteiger charge is 2.26. The number of unbranched alkanes of at least 4 members (excludes halogenated alkanes) is 1. The van der Waals surface area contributed by atoms with Crippen LogP contribution in [0.15, 0.2) is 0 Å². The molecule has 1 aliphatic rings. The first-order chi connectivity index (χ1) is 7.65. The molecule has 0 spiro atoms. The maximum Gasteiger partial charge on any atom is 0.236 e. The lowest BCUT2D eigenvalue weighted by Gasteiger charge is -2.22. The van der Waals surface area contributed by atoms with Crippen molar-refractivity contribution in [2.45, 2.75) is 65.0 Å². The maximum atomic E-state index is 11.7. The van der Waals surface area contributed by atoms with Crippen LogP contribution in [0.2, 0.25) is 0 Å². The first-order valence-electron chi connectivity index (χ1n) is 6.69. The lowest BCUT2D eigenvalue weighted by atomic mass is 10.1. The lowest BCUT2D eigenvalue weighted by molar-refractivity contribution is -0.123. The van der Waals surface area contributed by atoms with E-state index in [9.17, 15) is 4.79 Å². The second kappa shape index (κ2) is 6.89. The van der Waals surface area contributed by atoms with E-state index in [0.717, 1.165) is 19.4 Å². The van der Waals surface area contributed by atoms with Crippen LogP contribution in [-0.2, 0) is 4.79 Å². The van der Waals surface area contributed by atoms with Gasteiger partial charge in [-0.3, -0.25) is 4.79 Å². The fraction of sp³-hybridized carbons (Fsp3) is 0.923. The summed E-state index contributed by atoms with van der Waals surface area (Å²) in [4.78, 5) is 11.7. The summed E-state index contributed by atoms with van der Waals surface area (Å²) in [6.07, 6.45) is 6.00. The highest BCUT2D eigenvalue weighted by molar-refractivity contribution is 5.81. The van der Waals surface area contributed by atoms with Crippen molar-refractivity contribution in [2.75, 3.05) is 6.54 Å². The molecular weight excluding hydrogens is 200 g/mol. The second-order valence-corrected chi connectivity index (χ2v) is 5.05. The fourth-order valence-electron chi connectivity index (χ4n) is 2.33. The van der Waals surface area contributed by atoms with E-state index in [0.29, 0.717) is 12.0 Å². The summed E-state index contributed by atoms with van der Waals surface area (Å²) in [7, 11) is 0. The van der Waals surface area contributed by atoms with Crippen molar-refractivity contribution in [3.8, 4) is 0 Å². The Labute approximate surface area is 99.4 Å². The van der Waals surface area contributed by atoms with E-state index in [2.05, 4.69) is 24.5 Å². The van der Waals surface area contributed by atoms with Crippen molar-refractivity contribution in [1.82, 2.24) is 10.6 Å². The minimum absolute atomic E-state index is 0.0533. The molecule has 0 aromatic heterocycles. The third-order valence-electron chi connectivity index (χ3n) is 3.55. The SMILES string of the molecule is CCCCNC(=O)C(C)NC1CCCC1C. The average Bonchev–Trinajstić information content (AvgIpc) is 2.64. The van der Waals surface area contributed by atoms with Gasteiger partial charge in [0, 0.05) is 12.6 Å². The van der Waals surface area contributed by atoms with Crippen LogP contribution in [0, 0.1) is 5.92 Å². The van der Waals surface area contributed by atoms with Gasteiger partial charge in [-0.25, -0.2) is 0 Å². The number of carbonyl (C=O) groups is 1. The number of amides is 1. The van der Waals surface area contributed by atoms with Gasteiger partial charge in [0.1, 0.15) is 0 Å². The Hall–Kier alpha value is -0.570. The van der Waals surface area contributed by atoms with E-state index < -0.39 is 0 Å². The predicted molar refractivity (Wildman–Crippen MR) is 67.3 cm³/mol. The van der Waals surface area contributed by atoms with Crippen LogP contribution in [0.5, 0.6) is 0 Å². The largest absolute Gasteiger partial charge is 0.355 e. The van der Waals surface area contributed by atoms with E-state index in [-0.39, 0.29) is 11.9 Å². The van der Waals surface area contributed by atoms with Crippen LogP contribution in [0.3, 0.4) is 0 Å². The van der Waals surface area contributed by atoms with Gasteiger partial charge in [0.25, 0.3) is 0 Å². The smallest absolute Gasteiger partial charge is 0.236 e. The van der Waals surface area contributed by atoms with Crippen LogP contribution in [0.25, 0.3) is 0 Å². The monoisotopic (exact) mass is 226 g/mol. The van der Waals surface area contributed by atoms with E-state index >= 15 is 0 Å². The maximum absolute atomic E-state index is 11.7. The van der Waals surface area contributed by atoms with Gasteiger partial charge in [-0.15, -0.1) is 0 Å². The molecular formula is C13H26N2O. The molecule has 0 heterocycles. The first kappa shape index (κ1) is 13.5. The van der Waals surface area contributed by atoms with Gasteiger partial charge in [0.2, 0.25) is 5.91 Å². The molecule has 1 fully saturated rings. The van der Waals surface area contributed by atoms with Gasteiger partial charge in [-0.05, 0) is 32.1 Å². The third kappa shape index (κ3) is 4.12. The number of carbonyl (C=O) groups excluding carboxylic acids is 1. The molecule has 3 heteroatoms. The van der Waals surface area contributed by atoms with Crippen molar-refractivity contribution in [3.05, 3.63) is 0 Å². The standard InChI is InChI=1S/C13H26N2O/c1-4-5-9-14-13(16)11(3)15-12-8-6-7-10(12)2/h10-12,15H,4-9H2,1-3H3,(H,14,16). The minimum Gasteiger partial charge on any atom is -0.355 e. The van der Waals surface area contributed by atoms with Crippen LogP contribution in [0.4, 0.5) is 0 Å². The molecule has 1 aliphatic carbocycles. The summed E-state index contributed by atoms with van der Waals surface area (Å²) < 4.78 is 0. The van der Waals surface area contributed by atoms with Crippen LogP contribution in [0.1, 0.15) is 52.9 Å². The highest BCUT2D eigenvalue weighted by Crippen LogP contribution is 2.24. The van der Waals surface area contributed by atoms with Crippen molar-refractivity contribution >= 4 is 5.91 Å². The molecule has 3 atom stereocenters. The third-order valence-corrected chi connectivity index (χ3v) is 3.55. The summed E-state index contributed by atoms with van der Waals surface area (Å²) in [6, 6.07) is 0.481. The molecule has 1 rings (SSSR count). The summed E-state index contributed by atoms with van der Waals surface area (Å²) in [5.74, 6) is 0.860. The number of hydrogen-bond acceptors (Lipinski definition) is 2. The van der Waals surface area contributed by atoms with Crippen molar-refractivity contribution in [1.29, 1.82) is 0 Å². The van der Waals surface area contributed by atoms with E-state index in [4.69, 9.17) is 0 Å². The molecule has 0 saturated heterocycles. The van der Waals surface area contributed by atoms with Crippen LogP contribution >= 0.6 is 0 Å². The molecule has 94 valence electrons. The van der Waals surface area contributed by atoms with Crippen molar-refractivity contribution in [2.24, 2.45) is 5.92 Å². The molecule has 0 bridgehead atoms. The van der Waals surface area contributed by atoms with Crippen molar-refractivity contribution in [3.63, 3.8) is 0 Å². The van der Waals surface area contributed by atoms with Gasteiger partial charge < -0.3 is 10.6 Å². The second-order valence-electron chi connectivity index (χ2n) is 5.05. The van der Waals surface area contributed by atoms with Crippen LogP contribution < -0.4 is 10.6 Å². The van der Waals surface area contributed by atoms with Crippen LogP contribution in [-0.4, -0.2) is 24.5 Å². The minimum atomic E-state index is -0.0533.